The molecular weight excluding hydrogens is 294 g/mol. The van der Waals surface area contributed by atoms with Crippen LogP contribution in [0.3, 0.4) is 0 Å². The molecule has 1 aliphatic rings. The van der Waals surface area contributed by atoms with E-state index in [1.165, 1.54) is 0 Å². The molecule has 1 fully saturated rings. The molecule has 3 rings (SSSR count). The van der Waals surface area contributed by atoms with Crippen LogP contribution in [0.5, 0.6) is 5.75 Å². The number of halogens is 1. The van der Waals surface area contributed by atoms with Gasteiger partial charge in [-0.3, -0.25) is 0 Å². The third-order valence-corrected chi connectivity index (χ3v) is 3.58. The van der Waals surface area contributed by atoms with E-state index in [2.05, 4.69) is 10.3 Å². The van der Waals surface area contributed by atoms with Gasteiger partial charge in [-0.15, -0.1) is 5.10 Å². The van der Waals surface area contributed by atoms with Crippen LogP contribution in [0.4, 0.5) is 0 Å². The van der Waals surface area contributed by atoms with Gasteiger partial charge in [-0.25, -0.2) is 9.48 Å². The Balaban J connectivity index is 1.65. The van der Waals surface area contributed by atoms with E-state index in [-0.39, 0.29) is 11.6 Å². The van der Waals surface area contributed by atoms with Gasteiger partial charge in [0.15, 0.2) is 5.69 Å². The molecule has 0 radical (unpaired) electrons. The predicted molar refractivity (Wildman–Crippen MR) is 75.9 cm³/mol. The largest absolute Gasteiger partial charge is 0.492 e. The molecule has 110 valence electrons. The number of carboxylic acids is 1. The van der Waals surface area contributed by atoms with Crippen LogP contribution in [0.15, 0.2) is 24.3 Å². The van der Waals surface area contributed by atoms with Gasteiger partial charge in [0.2, 0.25) is 0 Å². The lowest BCUT2D eigenvalue weighted by Crippen LogP contribution is -2.13. The summed E-state index contributed by atoms with van der Waals surface area (Å²) in [5, 5.41) is 17.5. The van der Waals surface area contributed by atoms with Crippen molar-refractivity contribution in [2.45, 2.75) is 25.3 Å². The Morgan fingerprint density at radius 3 is 2.71 bits per heavy atom. The summed E-state index contributed by atoms with van der Waals surface area (Å²) in [5.74, 6) is -0.0469. The number of hydrogen-bond acceptors (Lipinski definition) is 4. The summed E-state index contributed by atoms with van der Waals surface area (Å²) in [4.78, 5) is 11.1. The highest BCUT2D eigenvalue weighted by molar-refractivity contribution is 6.30. The van der Waals surface area contributed by atoms with Gasteiger partial charge in [0.1, 0.15) is 12.4 Å². The number of aromatic carboxylic acids is 1. The second-order valence-corrected chi connectivity index (χ2v) is 5.36. The standard InChI is InChI=1S/C14H14ClN3O3/c15-10-3-5-11(6-4-10)21-8-7-18-13(9-1-2-9)12(14(19)20)16-17-18/h3-6,9H,1-2,7-8H2,(H,19,20). The Kier molecular flexibility index (Phi) is 3.79. The van der Waals surface area contributed by atoms with Gasteiger partial charge < -0.3 is 9.84 Å². The molecule has 0 spiro atoms. The summed E-state index contributed by atoms with van der Waals surface area (Å²) < 4.78 is 7.23. The zero-order valence-corrected chi connectivity index (χ0v) is 12.0. The summed E-state index contributed by atoms with van der Waals surface area (Å²) in [6.45, 7) is 0.860. The molecule has 0 aliphatic heterocycles. The summed E-state index contributed by atoms with van der Waals surface area (Å²) >= 11 is 5.80. The second-order valence-electron chi connectivity index (χ2n) is 4.93. The minimum absolute atomic E-state index is 0.0593. The van der Waals surface area contributed by atoms with E-state index in [1.54, 1.807) is 28.9 Å². The lowest BCUT2D eigenvalue weighted by Gasteiger charge is -2.08. The highest BCUT2D eigenvalue weighted by atomic mass is 35.5. The van der Waals surface area contributed by atoms with Gasteiger partial charge in [-0.05, 0) is 37.1 Å². The van der Waals surface area contributed by atoms with Crippen molar-refractivity contribution >= 4 is 17.6 Å². The molecule has 0 atom stereocenters. The van der Waals surface area contributed by atoms with E-state index < -0.39 is 5.97 Å². The maximum atomic E-state index is 11.1. The first kappa shape index (κ1) is 13.9. The first-order valence-corrected chi connectivity index (χ1v) is 7.08. The van der Waals surface area contributed by atoms with Crippen LogP contribution in [0.1, 0.15) is 34.9 Å². The molecule has 1 aromatic carbocycles. The number of benzene rings is 1. The van der Waals surface area contributed by atoms with Crippen LogP contribution < -0.4 is 4.74 Å². The van der Waals surface area contributed by atoms with E-state index >= 15 is 0 Å². The van der Waals surface area contributed by atoms with Crippen molar-refractivity contribution in [2.75, 3.05) is 6.61 Å². The summed E-state index contributed by atoms with van der Waals surface area (Å²) in [7, 11) is 0. The van der Waals surface area contributed by atoms with E-state index in [0.29, 0.717) is 29.6 Å². The minimum atomic E-state index is -1.03. The fraction of sp³-hybridized carbons (Fsp3) is 0.357. The van der Waals surface area contributed by atoms with Crippen molar-refractivity contribution in [1.82, 2.24) is 15.0 Å². The number of ether oxygens (including phenoxy) is 1. The quantitative estimate of drug-likeness (QED) is 0.887. The summed E-state index contributed by atoms with van der Waals surface area (Å²) in [6, 6.07) is 7.08. The molecule has 0 bridgehead atoms. The smallest absolute Gasteiger partial charge is 0.358 e. The first-order chi connectivity index (χ1) is 10.1. The number of carboxylic acid groups (broad SMARTS) is 1. The number of rotatable bonds is 6. The molecule has 1 aromatic heterocycles. The van der Waals surface area contributed by atoms with E-state index in [1.807, 2.05) is 0 Å². The molecule has 1 saturated carbocycles. The molecule has 6 nitrogen and oxygen atoms in total. The van der Waals surface area contributed by atoms with Crippen LogP contribution in [0.25, 0.3) is 0 Å². The number of aromatic nitrogens is 3. The van der Waals surface area contributed by atoms with Gasteiger partial charge in [-0.2, -0.15) is 0 Å². The molecule has 21 heavy (non-hydrogen) atoms. The Hall–Kier alpha value is -2.08. The van der Waals surface area contributed by atoms with Crippen LogP contribution in [0.2, 0.25) is 5.02 Å². The third kappa shape index (κ3) is 3.16. The molecule has 0 unspecified atom stereocenters. The third-order valence-electron chi connectivity index (χ3n) is 3.33. The highest BCUT2D eigenvalue weighted by Crippen LogP contribution is 2.41. The number of hydrogen-bond donors (Lipinski definition) is 1. The van der Waals surface area contributed by atoms with Crippen molar-refractivity contribution in [3.05, 3.63) is 40.7 Å². The van der Waals surface area contributed by atoms with Crippen LogP contribution in [0, 0.1) is 0 Å². The normalized spacial score (nSPS) is 14.1. The van der Waals surface area contributed by atoms with Crippen LogP contribution in [-0.2, 0) is 6.54 Å². The fourth-order valence-corrected chi connectivity index (χ4v) is 2.31. The van der Waals surface area contributed by atoms with Crippen molar-refractivity contribution in [2.24, 2.45) is 0 Å². The molecular formula is C14H14ClN3O3. The number of nitrogens with zero attached hydrogens (tertiary/aromatic N) is 3. The Bertz CT molecular complexity index is 650. The van der Waals surface area contributed by atoms with E-state index in [4.69, 9.17) is 21.4 Å². The molecule has 7 heteroatoms. The van der Waals surface area contributed by atoms with Crippen molar-refractivity contribution in [3.8, 4) is 5.75 Å². The van der Waals surface area contributed by atoms with E-state index in [9.17, 15) is 4.79 Å². The Morgan fingerprint density at radius 2 is 2.10 bits per heavy atom. The van der Waals surface area contributed by atoms with Crippen molar-refractivity contribution in [1.29, 1.82) is 0 Å². The summed E-state index contributed by atoms with van der Waals surface area (Å²) in [6.07, 6.45) is 1.98. The molecule has 1 aliphatic carbocycles. The SMILES string of the molecule is O=C(O)c1nnn(CCOc2ccc(Cl)cc2)c1C1CC1. The zero-order chi connectivity index (χ0) is 14.8. The van der Waals surface area contributed by atoms with E-state index in [0.717, 1.165) is 12.8 Å². The van der Waals surface area contributed by atoms with Gasteiger partial charge >= 0.3 is 5.97 Å². The molecule has 1 N–H and O–H groups in total. The first-order valence-electron chi connectivity index (χ1n) is 6.70. The monoisotopic (exact) mass is 307 g/mol. The lowest BCUT2D eigenvalue weighted by molar-refractivity contribution is 0.0689. The van der Waals surface area contributed by atoms with Gasteiger partial charge in [0, 0.05) is 10.9 Å². The van der Waals surface area contributed by atoms with Crippen molar-refractivity contribution in [3.63, 3.8) is 0 Å². The average Bonchev–Trinajstić information content (AvgIpc) is 3.21. The minimum Gasteiger partial charge on any atom is -0.492 e. The zero-order valence-electron chi connectivity index (χ0n) is 11.2. The van der Waals surface area contributed by atoms with Crippen LogP contribution in [-0.4, -0.2) is 32.7 Å². The van der Waals surface area contributed by atoms with Gasteiger partial charge in [0.05, 0.1) is 12.2 Å². The number of carbonyl (C=O) groups is 1. The molecule has 0 saturated heterocycles. The van der Waals surface area contributed by atoms with Crippen molar-refractivity contribution < 1.29 is 14.6 Å². The topological polar surface area (TPSA) is 77.2 Å². The predicted octanol–water partition coefficient (Wildman–Crippen LogP) is 2.59. The Labute approximate surface area is 126 Å². The van der Waals surface area contributed by atoms with Gasteiger partial charge in [0.25, 0.3) is 0 Å². The van der Waals surface area contributed by atoms with Gasteiger partial charge in [-0.1, -0.05) is 16.8 Å². The molecule has 0 amide bonds. The second kappa shape index (κ2) is 5.73. The van der Waals surface area contributed by atoms with Crippen LogP contribution >= 0.6 is 11.6 Å². The summed E-state index contributed by atoms with van der Waals surface area (Å²) in [5.41, 5.74) is 0.770. The maximum Gasteiger partial charge on any atom is 0.358 e. The highest BCUT2D eigenvalue weighted by Gasteiger charge is 2.33. The maximum absolute atomic E-state index is 11.1. The fourth-order valence-electron chi connectivity index (χ4n) is 2.18. The lowest BCUT2D eigenvalue weighted by atomic mass is 10.2. The molecule has 2 aromatic rings. The molecule has 1 heterocycles. The Morgan fingerprint density at radius 1 is 1.38 bits per heavy atom. The average molecular weight is 308 g/mol.